The molecule has 6 nitrogen and oxygen atoms in total. The number of hydrogen-bond acceptors (Lipinski definition) is 5. The molecule has 22 heavy (non-hydrogen) atoms. The van der Waals surface area contributed by atoms with Crippen LogP contribution < -0.4 is 5.32 Å². The zero-order chi connectivity index (χ0) is 14.9. The van der Waals surface area contributed by atoms with Crippen molar-refractivity contribution >= 4 is 5.91 Å². The Labute approximate surface area is 130 Å². The van der Waals surface area contributed by atoms with Crippen molar-refractivity contribution in [1.29, 1.82) is 0 Å². The first-order valence-corrected chi connectivity index (χ1v) is 8.64. The monoisotopic (exact) mass is 304 g/mol. The van der Waals surface area contributed by atoms with Crippen molar-refractivity contribution in [3.05, 3.63) is 11.7 Å². The molecule has 4 rings (SSSR count). The Morgan fingerprint density at radius 3 is 2.95 bits per heavy atom. The molecule has 3 fully saturated rings. The van der Waals surface area contributed by atoms with Gasteiger partial charge in [0.1, 0.15) is 0 Å². The number of carbonyl (C=O) groups is 1. The number of nitrogens with one attached hydrogen (secondary N) is 1. The first kappa shape index (κ1) is 14.2. The van der Waals surface area contributed by atoms with Crippen molar-refractivity contribution < 1.29 is 9.32 Å². The number of nitrogens with zero attached hydrogens (tertiary/aromatic N) is 3. The molecular weight excluding hydrogens is 280 g/mol. The van der Waals surface area contributed by atoms with Crippen LogP contribution in [0.5, 0.6) is 0 Å². The van der Waals surface area contributed by atoms with Gasteiger partial charge >= 0.3 is 0 Å². The summed E-state index contributed by atoms with van der Waals surface area (Å²) in [5.74, 6) is 2.35. The Bertz CT molecular complexity index is 540. The SMILES string of the molecule is O=C(CCCc1nc(C2CC2)no1)N1CCC2CCC(C1)N2. The molecule has 2 atom stereocenters. The summed E-state index contributed by atoms with van der Waals surface area (Å²) < 4.78 is 5.26. The third-order valence-corrected chi connectivity index (χ3v) is 5.08. The number of hydrogen-bond donors (Lipinski definition) is 1. The van der Waals surface area contributed by atoms with Gasteiger partial charge in [-0.1, -0.05) is 5.16 Å². The van der Waals surface area contributed by atoms with E-state index in [9.17, 15) is 4.79 Å². The molecule has 1 aromatic heterocycles. The Morgan fingerprint density at radius 2 is 2.09 bits per heavy atom. The van der Waals surface area contributed by atoms with Gasteiger partial charge < -0.3 is 14.7 Å². The Hall–Kier alpha value is -1.43. The average molecular weight is 304 g/mol. The van der Waals surface area contributed by atoms with Crippen LogP contribution in [0.3, 0.4) is 0 Å². The van der Waals surface area contributed by atoms with Gasteiger partial charge in [-0.2, -0.15) is 4.98 Å². The maximum atomic E-state index is 12.4. The van der Waals surface area contributed by atoms with Crippen LogP contribution in [0, 0.1) is 0 Å². The maximum absolute atomic E-state index is 12.4. The van der Waals surface area contributed by atoms with Crippen molar-refractivity contribution in [3.63, 3.8) is 0 Å². The second-order valence-electron chi connectivity index (χ2n) is 6.94. The summed E-state index contributed by atoms with van der Waals surface area (Å²) in [5, 5.41) is 7.63. The van der Waals surface area contributed by atoms with Gasteiger partial charge in [0.2, 0.25) is 11.8 Å². The first-order valence-electron chi connectivity index (χ1n) is 8.64. The molecule has 120 valence electrons. The molecule has 1 aliphatic carbocycles. The van der Waals surface area contributed by atoms with Gasteiger partial charge in [0.05, 0.1) is 0 Å². The average Bonchev–Trinajstić information content (AvgIpc) is 3.14. The Balaban J connectivity index is 1.23. The second kappa shape index (κ2) is 5.99. The van der Waals surface area contributed by atoms with Gasteiger partial charge in [0.15, 0.2) is 5.82 Å². The van der Waals surface area contributed by atoms with Crippen LogP contribution in [0.15, 0.2) is 4.52 Å². The molecule has 3 aliphatic rings. The molecule has 2 unspecified atom stereocenters. The summed E-state index contributed by atoms with van der Waals surface area (Å²) in [6.07, 6.45) is 8.03. The molecule has 3 heterocycles. The van der Waals surface area contributed by atoms with Gasteiger partial charge in [-0.15, -0.1) is 0 Å². The largest absolute Gasteiger partial charge is 0.341 e. The highest BCUT2D eigenvalue weighted by atomic mass is 16.5. The predicted molar refractivity (Wildman–Crippen MR) is 80.4 cm³/mol. The summed E-state index contributed by atoms with van der Waals surface area (Å²) in [5.41, 5.74) is 0. The van der Waals surface area contributed by atoms with Gasteiger partial charge in [-0.3, -0.25) is 4.79 Å². The van der Waals surface area contributed by atoms with E-state index in [0.717, 1.165) is 31.8 Å². The molecule has 1 aromatic rings. The highest BCUT2D eigenvalue weighted by Crippen LogP contribution is 2.38. The number of fused-ring (bicyclic) bond motifs is 2. The van der Waals surface area contributed by atoms with Crippen LogP contribution in [0.4, 0.5) is 0 Å². The van der Waals surface area contributed by atoms with Crippen molar-refractivity contribution in [2.24, 2.45) is 0 Å². The van der Waals surface area contributed by atoms with E-state index in [1.165, 1.54) is 25.7 Å². The maximum Gasteiger partial charge on any atom is 0.226 e. The number of aromatic nitrogens is 2. The van der Waals surface area contributed by atoms with Crippen molar-refractivity contribution in [2.75, 3.05) is 13.1 Å². The quantitative estimate of drug-likeness (QED) is 0.895. The summed E-state index contributed by atoms with van der Waals surface area (Å²) in [6.45, 7) is 1.78. The van der Waals surface area contributed by atoms with E-state index in [1.54, 1.807) is 0 Å². The fourth-order valence-corrected chi connectivity index (χ4v) is 3.60. The van der Waals surface area contributed by atoms with Crippen LogP contribution >= 0.6 is 0 Å². The van der Waals surface area contributed by atoms with Crippen LogP contribution in [0.2, 0.25) is 0 Å². The molecule has 1 N–H and O–H groups in total. The smallest absolute Gasteiger partial charge is 0.226 e. The summed E-state index contributed by atoms with van der Waals surface area (Å²) in [4.78, 5) is 18.8. The van der Waals surface area contributed by atoms with Crippen molar-refractivity contribution in [3.8, 4) is 0 Å². The van der Waals surface area contributed by atoms with E-state index >= 15 is 0 Å². The number of likely N-dealkylation sites (tertiary alicyclic amines) is 1. The highest BCUT2D eigenvalue weighted by molar-refractivity contribution is 5.76. The topological polar surface area (TPSA) is 71.3 Å². The van der Waals surface area contributed by atoms with E-state index in [4.69, 9.17) is 4.52 Å². The minimum atomic E-state index is 0.274. The zero-order valence-electron chi connectivity index (χ0n) is 13.0. The molecule has 2 aliphatic heterocycles. The van der Waals surface area contributed by atoms with Crippen molar-refractivity contribution in [1.82, 2.24) is 20.4 Å². The predicted octanol–water partition coefficient (Wildman–Crippen LogP) is 1.62. The highest BCUT2D eigenvalue weighted by Gasteiger charge is 2.31. The van der Waals surface area contributed by atoms with E-state index < -0.39 is 0 Å². The third kappa shape index (κ3) is 3.16. The van der Waals surface area contributed by atoms with Gasteiger partial charge in [0.25, 0.3) is 0 Å². The molecule has 0 aromatic carbocycles. The molecule has 0 radical (unpaired) electrons. The summed E-state index contributed by atoms with van der Waals surface area (Å²) in [7, 11) is 0. The first-order chi connectivity index (χ1) is 10.8. The van der Waals surface area contributed by atoms with Gasteiger partial charge in [0, 0.05) is 43.9 Å². The zero-order valence-corrected chi connectivity index (χ0v) is 13.0. The normalized spacial score (nSPS) is 27.9. The molecular formula is C16H24N4O2. The fourth-order valence-electron chi connectivity index (χ4n) is 3.60. The molecule has 2 saturated heterocycles. The standard InChI is InChI=1S/C16H24N4O2/c21-15(20-9-8-12-6-7-13(10-20)17-12)3-1-2-14-18-16(19-22-14)11-4-5-11/h11-13,17H,1-10H2. The lowest BCUT2D eigenvalue weighted by Crippen LogP contribution is -2.38. The number of carbonyl (C=O) groups excluding carboxylic acids is 1. The van der Waals surface area contributed by atoms with Crippen LogP contribution in [-0.4, -0.2) is 46.1 Å². The molecule has 0 spiro atoms. The van der Waals surface area contributed by atoms with E-state index in [1.807, 2.05) is 4.90 Å². The molecule has 1 amide bonds. The number of rotatable bonds is 5. The molecule has 6 heteroatoms. The van der Waals surface area contributed by atoms with Crippen LogP contribution in [-0.2, 0) is 11.2 Å². The number of aryl methyl sites for hydroxylation is 1. The summed E-state index contributed by atoms with van der Waals surface area (Å²) in [6, 6.07) is 1.13. The van der Waals surface area contributed by atoms with E-state index in [-0.39, 0.29) is 5.91 Å². The minimum absolute atomic E-state index is 0.274. The molecule has 1 saturated carbocycles. The lowest BCUT2D eigenvalue weighted by Gasteiger charge is -2.24. The van der Waals surface area contributed by atoms with E-state index in [2.05, 4.69) is 15.5 Å². The Morgan fingerprint density at radius 1 is 1.23 bits per heavy atom. The lowest BCUT2D eigenvalue weighted by molar-refractivity contribution is -0.131. The summed E-state index contributed by atoms with van der Waals surface area (Å²) >= 11 is 0. The Kier molecular flexibility index (Phi) is 3.86. The molecule has 2 bridgehead atoms. The number of amides is 1. The van der Waals surface area contributed by atoms with Gasteiger partial charge in [-0.05, 0) is 38.5 Å². The third-order valence-electron chi connectivity index (χ3n) is 5.08. The van der Waals surface area contributed by atoms with Crippen LogP contribution in [0.1, 0.15) is 62.6 Å². The second-order valence-corrected chi connectivity index (χ2v) is 6.94. The van der Waals surface area contributed by atoms with E-state index in [0.29, 0.717) is 36.7 Å². The lowest BCUT2D eigenvalue weighted by atomic mass is 10.1. The fraction of sp³-hybridized carbons (Fsp3) is 0.812. The van der Waals surface area contributed by atoms with Crippen molar-refractivity contribution in [2.45, 2.75) is 69.4 Å². The minimum Gasteiger partial charge on any atom is -0.341 e. The van der Waals surface area contributed by atoms with Crippen LogP contribution in [0.25, 0.3) is 0 Å². The van der Waals surface area contributed by atoms with Gasteiger partial charge in [-0.25, -0.2) is 0 Å².